The summed E-state index contributed by atoms with van der Waals surface area (Å²) in [6.07, 6.45) is 0. The highest BCUT2D eigenvalue weighted by Gasteiger charge is 2.09. The Morgan fingerprint density at radius 2 is 1.50 bits per heavy atom. The predicted octanol–water partition coefficient (Wildman–Crippen LogP) is 3.81. The normalized spacial score (nSPS) is 10.2. The number of hydrogen-bond donors (Lipinski definition) is 0. The maximum Gasteiger partial charge on any atom is 0.298 e. The minimum atomic E-state index is 0.474. The molecule has 18 heavy (non-hydrogen) atoms. The van der Waals surface area contributed by atoms with Gasteiger partial charge >= 0.3 is 0 Å². The van der Waals surface area contributed by atoms with Gasteiger partial charge in [-0.25, -0.2) is 0 Å². The summed E-state index contributed by atoms with van der Waals surface area (Å²) in [5.41, 5.74) is 5.51. The SMILES string of the molecule is Cc1ccc(-c2ccc(C)cc2OC=O)c(C)c1. The van der Waals surface area contributed by atoms with E-state index in [0.29, 0.717) is 12.2 Å². The summed E-state index contributed by atoms with van der Waals surface area (Å²) in [7, 11) is 0. The van der Waals surface area contributed by atoms with Crippen LogP contribution < -0.4 is 4.74 Å². The molecule has 0 aliphatic carbocycles. The first-order valence-corrected chi connectivity index (χ1v) is 5.90. The maximum atomic E-state index is 10.6. The van der Waals surface area contributed by atoms with Gasteiger partial charge in [0.25, 0.3) is 6.47 Å². The summed E-state index contributed by atoms with van der Waals surface area (Å²) in [4.78, 5) is 10.6. The maximum absolute atomic E-state index is 10.6. The molecule has 2 heteroatoms. The van der Waals surface area contributed by atoms with Gasteiger partial charge in [0.1, 0.15) is 5.75 Å². The molecule has 0 heterocycles. The molecule has 92 valence electrons. The van der Waals surface area contributed by atoms with Crippen LogP contribution >= 0.6 is 0 Å². The smallest absolute Gasteiger partial charge is 0.298 e. The number of aryl methyl sites for hydroxylation is 3. The summed E-state index contributed by atoms with van der Waals surface area (Å²) in [5, 5.41) is 0. The van der Waals surface area contributed by atoms with Gasteiger partial charge in [-0.3, -0.25) is 4.79 Å². The average molecular weight is 240 g/mol. The average Bonchev–Trinajstić information content (AvgIpc) is 2.31. The van der Waals surface area contributed by atoms with E-state index >= 15 is 0 Å². The van der Waals surface area contributed by atoms with Gasteiger partial charge in [-0.05, 0) is 43.5 Å². The minimum Gasteiger partial charge on any atom is -0.428 e. The summed E-state index contributed by atoms with van der Waals surface area (Å²) in [6, 6.07) is 12.1. The van der Waals surface area contributed by atoms with Crippen LogP contribution in [-0.2, 0) is 4.79 Å². The van der Waals surface area contributed by atoms with Crippen molar-refractivity contribution < 1.29 is 9.53 Å². The third kappa shape index (κ3) is 2.43. The van der Waals surface area contributed by atoms with E-state index in [9.17, 15) is 4.79 Å². The molecule has 0 aliphatic heterocycles. The summed E-state index contributed by atoms with van der Waals surface area (Å²) in [6.45, 7) is 6.58. The van der Waals surface area contributed by atoms with Crippen molar-refractivity contribution in [1.82, 2.24) is 0 Å². The lowest BCUT2D eigenvalue weighted by molar-refractivity contribution is -0.120. The van der Waals surface area contributed by atoms with Crippen molar-refractivity contribution in [1.29, 1.82) is 0 Å². The predicted molar refractivity (Wildman–Crippen MR) is 72.8 cm³/mol. The molecule has 0 saturated carbocycles. The number of carbonyl (C=O) groups is 1. The molecule has 2 rings (SSSR count). The van der Waals surface area contributed by atoms with Gasteiger partial charge in [0, 0.05) is 5.56 Å². The van der Waals surface area contributed by atoms with E-state index in [0.717, 1.165) is 16.7 Å². The zero-order valence-electron chi connectivity index (χ0n) is 10.9. The molecule has 0 N–H and O–H groups in total. The van der Waals surface area contributed by atoms with Crippen molar-refractivity contribution >= 4 is 6.47 Å². The van der Waals surface area contributed by atoms with Crippen molar-refractivity contribution in [3.8, 4) is 16.9 Å². The molecule has 2 nitrogen and oxygen atoms in total. The number of ether oxygens (including phenoxy) is 1. The molecule has 2 aromatic carbocycles. The highest BCUT2D eigenvalue weighted by molar-refractivity contribution is 5.75. The van der Waals surface area contributed by atoms with Crippen LogP contribution in [0.25, 0.3) is 11.1 Å². The van der Waals surface area contributed by atoms with Gasteiger partial charge in [-0.15, -0.1) is 0 Å². The Kier molecular flexibility index (Phi) is 3.47. The first kappa shape index (κ1) is 12.4. The lowest BCUT2D eigenvalue weighted by Crippen LogP contribution is -1.94. The van der Waals surface area contributed by atoms with Crippen molar-refractivity contribution in [2.24, 2.45) is 0 Å². The lowest BCUT2D eigenvalue weighted by atomic mass is 9.97. The second kappa shape index (κ2) is 5.05. The Morgan fingerprint density at radius 1 is 0.889 bits per heavy atom. The minimum absolute atomic E-state index is 0.474. The van der Waals surface area contributed by atoms with Crippen LogP contribution in [0.15, 0.2) is 36.4 Å². The summed E-state index contributed by atoms with van der Waals surface area (Å²) >= 11 is 0. The Hall–Kier alpha value is -2.09. The first-order valence-electron chi connectivity index (χ1n) is 5.90. The number of benzene rings is 2. The van der Waals surface area contributed by atoms with Crippen LogP contribution in [0.3, 0.4) is 0 Å². The molecule has 0 spiro atoms. The molecule has 0 fully saturated rings. The van der Waals surface area contributed by atoms with Crippen LogP contribution in [0, 0.1) is 20.8 Å². The third-order valence-electron chi connectivity index (χ3n) is 2.98. The van der Waals surface area contributed by atoms with Crippen LogP contribution in [-0.4, -0.2) is 6.47 Å². The molecule has 0 saturated heterocycles. The number of carbonyl (C=O) groups excluding carboxylic acids is 1. The molecule has 2 aromatic rings. The first-order chi connectivity index (χ1) is 8.61. The molecule has 0 radical (unpaired) electrons. The van der Waals surface area contributed by atoms with Gasteiger partial charge in [0.2, 0.25) is 0 Å². The Morgan fingerprint density at radius 3 is 2.11 bits per heavy atom. The number of rotatable bonds is 3. The second-order valence-corrected chi connectivity index (χ2v) is 4.53. The largest absolute Gasteiger partial charge is 0.428 e. The fourth-order valence-electron chi connectivity index (χ4n) is 2.12. The highest BCUT2D eigenvalue weighted by atomic mass is 16.5. The second-order valence-electron chi connectivity index (χ2n) is 4.53. The van der Waals surface area contributed by atoms with Gasteiger partial charge in [0.05, 0.1) is 0 Å². The van der Waals surface area contributed by atoms with Crippen LogP contribution in [0.2, 0.25) is 0 Å². The Balaban J connectivity index is 2.59. The van der Waals surface area contributed by atoms with Crippen molar-refractivity contribution in [3.05, 3.63) is 53.1 Å². The fourth-order valence-corrected chi connectivity index (χ4v) is 2.12. The third-order valence-corrected chi connectivity index (χ3v) is 2.98. The van der Waals surface area contributed by atoms with E-state index in [2.05, 4.69) is 32.0 Å². The van der Waals surface area contributed by atoms with Crippen molar-refractivity contribution in [2.45, 2.75) is 20.8 Å². The van der Waals surface area contributed by atoms with Crippen LogP contribution in [0.4, 0.5) is 0 Å². The molecule has 0 amide bonds. The van der Waals surface area contributed by atoms with E-state index < -0.39 is 0 Å². The standard InChI is InChI=1S/C16H16O2/c1-11-4-6-14(13(3)8-11)15-7-5-12(2)9-16(15)18-10-17/h4-10H,1-3H3. The van der Waals surface area contributed by atoms with Gasteiger partial charge < -0.3 is 4.74 Å². The molecule has 0 bridgehead atoms. The molecule has 0 aromatic heterocycles. The number of hydrogen-bond acceptors (Lipinski definition) is 2. The fraction of sp³-hybridized carbons (Fsp3) is 0.188. The van der Waals surface area contributed by atoms with Crippen molar-refractivity contribution in [3.63, 3.8) is 0 Å². The molecular weight excluding hydrogens is 224 g/mol. The molecular formula is C16H16O2. The topological polar surface area (TPSA) is 26.3 Å². The highest BCUT2D eigenvalue weighted by Crippen LogP contribution is 2.33. The zero-order valence-corrected chi connectivity index (χ0v) is 10.9. The Bertz CT molecular complexity index is 586. The molecule has 0 atom stereocenters. The Labute approximate surface area is 107 Å². The van der Waals surface area contributed by atoms with Gasteiger partial charge in [-0.2, -0.15) is 0 Å². The van der Waals surface area contributed by atoms with E-state index in [1.807, 2.05) is 25.1 Å². The zero-order chi connectivity index (χ0) is 13.1. The van der Waals surface area contributed by atoms with E-state index in [1.165, 1.54) is 11.1 Å². The summed E-state index contributed by atoms with van der Waals surface area (Å²) < 4.78 is 5.08. The monoisotopic (exact) mass is 240 g/mol. The molecule has 0 unspecified atom stereocenters. The van der Waals surface area contributed by atoms with Crippen LogP contribution in [0.1, 0.15) is 16.7 Å². The van der Waals surface area contributed by atoms with E-state index in [-0.39, 0.29) is 0 Å². The van der Waals surface area contributed by atoms with Crippen molar-refractivity contribution in [2.75, 3.05) is 0 Å². The summed E-state index contributed by atoms with van der Waals surface area (Å²) in [5.74, 6) is 0.608. The van der Waals surface area contributed by atoms with Gasteiger partial charge in [0.15, 0.2) is 0 Å². The van der Waals surface area contributed by atoms with E-state index in [4.69, 9.17) is 4.74 Å². The quantitative estimate of drug-likeness (QED) is 0.762. The van der Waals surface area contributed by atoms with Gasteiger partial charge in [-0.1, -0.05) is 35.9 Å². The lowest BCUT2D eigenvalue weighted by Gasteiger charge is -2.11. The van der Waals surface area contributed by atoms with Crippen LogP contribution in [0.5, 0.6) is 5.75 Å². The van der Waals surface area contributed by atoms with E-state index in [1.54, 1.807) is 0 Å². The molecule has 0 aliphatic rings.